The molecule has 1 heterocycles. The van der Waals surface area contributed by atoms with Gasteiger partial charge in [0.05, 0.1) is 6.61 Å². The van der Waals surface area contributed by atoms with E-state index in [0.717, 1.165) is 17.7 Å². The molecule has 0 bridgehead atoms. The molecule has 2 aromatic carbocycles. The zero-order valence-corrected chi connectivity index (χ0v) is 17.1. The van der Waals surface area contributed by atoms with Gasteiger partial charge in [-0.15, -0.1) is 0 Å². The van der Waals surface area contributed by atoms with Crippen LogP contribution in [0.5, 0.6) is 17.2 Å². The summed E-state index contributed by atoms with van der Waals surface area (Å²) in [4.78, 5) is 12.5. The highest BCUT2D eigenvalue weighted by molar-refractivity contribution is 6.09. The van der Waals surface area contributed by atoms with E-state index in [0.29, 0.717) is 37.0 Å². The van der Waals surface area contributed by atoms with Crippen molar-refractivity contribution in [3.63, 3.8) is 0 Å². The standard InChI is InChI=1S/C24H26N2O4/c1-2-3-4-5-12-28-21-9-6-18(7-10-21)15-19(17-25)24(27)26-20-8-11-22-23(16-20)30-14-13-29-22/h6-11,15-16H,2-5,12-14H2,1H3,(H,26,27). The second kappa shape index (κ2) is 10.9. The minimum atomic E-state index is -0.481. The van der Waals surface area contributed by atoms with Crippen LogP contribution in [0.3, 0.4) is 0 Å². The number of amides is 1. The van der Waals surface area contributed by atoms with Crippen LogP contribution < -0.4 is 19.5 Å². The van der Waals surface area contributed by atoms with Gasteiger partial charge in [-0.25, -0.2) is 0 Å². The number of nitrogens with one attached hydrogen (secondary N) is 1. The number of unbranched alkanes of at least 4 members (excludes halogenated alkanes) is 3. The predicted octanol–water partition coefficient (Wildman–Crippen LogP) is 4.96. The fraction of sp³-hybridized carbons (Fsp3) is 0.333. The SMILES string of the molecule is CCCCCCOc1ccc(C=C(C#N)C(=O)Nc2ccc3c(c2)OCCO3)cc1. The first-order valence-corrected chi connectivity index (χ1v) is 10.2. The summed E-state index contributed by atoms with van der Waals surface area (Å²) < 4.78 is 16.7. The quantitative estimate of drug-likeness (QED) is 0.362. The lowest BCUT2D eigenvalue weighted by molar-refractivity contribution is -0.112. The number of hydrogen-bond donors (Lipinski definition) is 1. The van der Waals surface area contributed by atoms with Crippen molar-refractivity contribution >= 4 is 17.7 Å². The molecule has 0 unspecified atom stereocenters. The van der Waals surface area contributed by atoms with Crippen molar-refractivity contribution in [3.05, 3.63) is 53.6 Å². The highest BCUT2D eigenvalue weighted by Gasteiger charge is 2.14. The van der Waals surface area contributed by atoms with E-state index in [-0.39, 0.29) is 5.57 Å². The number of nitrogens with zero attached hydrogens (tertiary/aromatic N) is 1. The largest absolute Gasteiger partial charge is 0.494 e. The van der Waals surface area contributed by atoms with Crippen LogP contribution in [-0.4, -0.2) is 25.7 Å². The molecule has 1 amide bonds. The smallest absolute Gasteiger partial charge is 0.266 e. The number of anilines is 1. The second-order valence-corrected chi connectivity index (χ2v) is 6.96. The number of carbonyl (C=O) groups excluding carboxylic acids is 1. The van der Waals surface area contributed by atoms with Crippen LogP contribution in [0.15, 0.2) is 48.0 Å². The first kappa shape index (κ1) is 21.3. The van der Waals surface area contributed by atoms with Crippen molar-refractivity contribution < 1.29 is 19.0 Å². The summed E-state index contributed by atoms with van der Waals surface area (Å²) in [6.07, 6.45) is 6.18. The molecule has 0 radical (unpaired) electrons. The van der Waals surface area contributed by atoms with Crippen LogP contribution in [0.2, 0.25) is 0 Å². The molecule has 0 atom stereocenters. The van der Waals surface area contributed by atoms with Gasteiger partial charge in [0.2, 0.25) is 0 Å². The Balaban J connectivity index is 1.59. The first-order valence-electron chi connectivity index (χ1n) is 10.2. The summed E-state index contributed by atoms with van der Waals surface area (Å²) in [5.74, 6) is 1.52. The van der Waals surface area contributed by atoms with Gasteiger partial charge < -0.3 is 19.5 Å². The topological polar surface area (TPSA) is 80.6 Å². The normalized spacial score (nSPS) is 12.7. The Morgan fingerprint density at radius 3 is 2.60 bits per heavy atom. The highest BCUT2D eigenvalue weighted by atomic mass is 16.6. The summed E-state index contributed by atoms with van der Waals surface area (Å²) in [6, 6.07) is 14.5. The molecule has 0 saturated carbocycles. The summed E-state index contributed by atoms with van der Waals surface area (Å²) in [6.45, 7) is 3.84. The van der Waals surface area contributed by atoms with Crippen molar-refractivity contribution in [1.82, 2.24) is 0 Å². The lowest BCUT2D eigenvalue weighted by Gasteiger charge is -2.18. The number of ether oxygens (including phenoxy) is 3. The Labute approximate surface area is 177 Å². The zero-order valence-electron chi connectivity index (χ0n) is 17.1. The van der Waals surface area contributed by atoms with Gasteiger partial charge in [-0.05, 0) is 42.3 Å². The van der Waals surface area contributed by atoms with Crippen LogP contribution in [0.25, 0.3) is 6.08 Å². The van der Waals surface area contributed by atoms with E-state index >= 15 is 0 Å². The Kier molecular flexibility index (Phi) is 7.73. The second-order valence-electron chi connectivity index (χ2n) is 6.96. The molecule has 6 nitrogen and oxygen atoms in total. The van der Waals surface area contributed by atoms with E-state index in [1.165, 1.54) is 19.3 Å². The van der Waals surface area contributed by atoms with Crippen LogP contribution in [-0.2, 0) is 4.79 Å². The molecule has 0 saturated heterocycles. The van der Waals surface area contributed by atoms with Gasteiger partial charge in [-0.2, -0.15) is 5.26 Å². The van der Waals surface area contributed by atoms with E-state index in [9.17, 15) is 10.1 Å². The minimum Gasteiger partial charge on any atom is -0.494 e. The average Bonchev–Trinajstić information content (AvgIpc) is 2.78. The van der Waals surface area contributed by atoms with Gasteiger partial charge in [0.15, 0.2) is 11.5 Å². The van der Waals surface area contributed by atoms with E-state index in [1.807, 2.05) is 30.3 Å². The van der Waals surface area contributed by atoms with Gasteiger partial charge in [0, 0.05) is 11.8 Å². The van der Waals surface area contributed by atoms with Crippen molar-refractivity contribution in [3.8, 4) is 23.3 Å². The zero-order chi connectivity index (χ0) is 21.2. The Bertz CT molecular complexity index is 929. The number of nitriles is 1. The Morgan fingerprint density at radius 1 is 1.10 bits per heavy atom. The Morgan fingerprint density at radius 2 is 1.87 bits per heavy atom. The lowest BCUT2D eigenvalue weighted by Crippen LogP contribution is -2.17. The number of rotatable bonds is 9. The molecule has 0 fully saturated rings. The third-order valence-electron chi connectivity index (χ3n) is 4.62. The number of benzene rings is 2. The molecule has 30 heavy (non-hydrogen) atoms. The van der Waals surface area contributed by atoms with Crippen molar-refractivity contribution in [1.29, 1.82) is 5.26 Å². The average molecular weight is 406 g/mol. The third-order valence-corrected chi connectivity index (χ3v) is 4.62. The lowest BCUT2D eigenvalue weighted by atomic mass is 10.1. The van der Waals surface area contributed by atoms with Crippen molar-refractivity contribution in [2.45, 2.75) is 32.6 Å². The molecule has 1 N–H and O–H groups in total. The maximum absolute atomic E-state index is 12.5. The van der Waals surface area contributed by atoms with Crippen LogP contribution in [0.1, 0.15) is 38.2 Å². The molecular weight excluding hydrogens is 380 g/mol. The van der Waals surface area contributed by atoms with Crippen molar-refractivity contribution in [2.75, 3.05) is 25.1 Å². The summed E-state index contributed by atoms with van der Waals surface area (Å²) in [7, 11) is 0. The van der Waals surface area contributed by atoms with E-state index < -0.39 is 5.91 Å². The maximum Gasteiger partial charge on any atom is 0.266 e. The molecule has 2 aromatic rings. The highest BCUT2D eigenvalue weighted by Crippen LogP contribution is 2.32. The van der Waals surface area contributed by atoms with Crippen molar-refractivity contribution in [2.24, 2.45) is 0 Å². The van der Waals surface area contributed by atoms with E-state index in [2.05, 4.69) is 12.2 Å². The summed E-state index contributed by atoms with van der Waals surface area (Å²) in [5, 5.41) is 12.2. The van der Waals surface area contributed by atoms with Gasteiger partial charge in [-0.1, -0.05) is 38.3 Å². The van der Waals surface area contributed by atoms with Crippen LogP contribution in [0.4, 0.5) is 5.69 Å². The molecule has 0 aliphatic carbocycles. The summed E-state index contributed by atoms with van der Waals surface area (Å²) >= 11 is 0. The van der Waals surface area contributed by atoms with E-state index in [1.54, 1.807) is 24.3 Å². The van der Waals surface area contributed by atoms with Gasteiger partial charge >= 0.3 is 0 Å². The third kappa shape index (κ3) is 6.02. The van der Waals surface area contributed by atoms with Gasteiger partial charge in [0.25, 0.3) is 5.91 Å². The molecular formula is C24H26N2O4. The molecule has 0 spiro atoms. The molecule has 1 aliphatic rings. The molecule has 6 heteroatoms. The monoisotopic (exact) mass is 406 g/mol. The minimum absolute atomic E-state index is 0.0122. The van der Waals surface area contributed by atoms with Gasteiger partial charge in [0.1, 0.15) is 30.6 Å². The molecule has 156 valence electrons. The number of carbonyl (C=O) groups is 1. The Hall–Kier alpha value is -3.46. The van der Waals surface area contributed by atoms with Crippen LogP contribution >= 0.6 is 0 Å². The maximum atomic E-state index is 12.5. The van der Waals surface area contributed by atoms with E-state index in [4.69, 9.17) is 14.2 Å². The molecule has 0 aromatic heterocycles. The fourth-order valence-corrected chi connectivity index (χ4v) is 3.01. The fourth-order valence-electron chi connectivity index (χ4n) is 3.01. The van der Waals surface area contributed by atoms with Gasteiger partial charge in [-0.3, -0.25) is 4.79 Å². The molecule has 1 aliphatic heterocycles. The first-order chi connectivity index (χ1) is 14.7. The molecule has 3 rings (SSSR count). The summed E-state index contributed by atoms with van der Waals surface area (Å²) in [5.41, 5.74) is 1.30. The number of fused-ring (bicyclic) bond motifs is 1. The van der Waals surface area contributed by atoms with Crippen LogP contribution in [0, 0.1) is 11.3 Å². The number of hydrogen-bond acceptors (Lipinski definition) is 5. The predicted molar refractivity (Wildman–Crippen MR) is 116 cm³/mol.